The maximum absolute atomic E-state index is 11.5. The number of sulfone groups is 1. The molecule has 1 atom stereocenters. The normalized spacial score (nSPS) is 24.7. The Morgan fingerprint density at radius 3 is 2.57 bits per heavy atom. The number of hydrogen-bond donors (Lipinski definition) is 0. The second kappa shape index (κ2) is 4.94. The zero-order chi connectivity index (χ0) is 10.8. The average Bonchev–Trinajstić information content (AvgIpc) is 2.48. The third-order valence-corrected chi connectivity index (χ3v) is 5.56. The van der Waals surface area contributed by atoms with Crippen molar-refractivity contribution in [3.63, 3.8) is 0 Å². The van der Waals surface area contributed by atoms with E-state index >= 15 is 0 Å². The largest absolute Gasteiger partial charge is 0.301 e. The van der Waals surface area contributed by atoms with E-state index in [0.29, 0.717) is 17.1 Å². The van der Waals surface area contributed by atoms with Crippen molar-refractivity contribution < 1.29 is 8.42 Å². The minimum atomic E-state index is -2.86. The van der Waals surface area contributed by atoms with Crippen LogP contribution in [0.15, 0.2) is 0 Å². The van der Waals surface area contributed by atoms with Crippen LogP contribution < -0.4 is 0 Å². The van der Waals surface area contributed by atoms with E-state index in [-0.39, 0.29) is 5.25 Å². The minimum Gasteiger partial charge on any atom is -0.301 e. The fraction of sp³-hybridized carbons (Fsp3) is 1.00. The molecular weight excluding hydrogens is 266 g/mol. The second-order valence-corrected chi connectivity index (χ2v) is 8.07. The van der Waals surface area contributed by atoms with Crippen LogP contribution in [0.5, 0.6) is 0 Å². The number of alkyl halides is 1. The Balaban J connectivity index is 2.34. The molecule has 1 aliphatic rings. The van der Waals surface area contributed by atoms with E-state index in [2.05, 4.69) is 20.8 Å². The summed E-state index contributed by atoms with van der Waals surface area (Å²) in [6.45, 7) is 6.17. The van der Waals surface area contributed by atoms with Crippen molar-refractivity contribution in [1.29, 1.82) is 0 Å². The van der Waals surface area contributed by atoms with Crippen molar-refractivity contribution in [3.05, 3.63) is 0 Å². The third kappa shape index (κ3) is 3.51. The van der Waals surface area contributed by atoms with Gasteiger partial charge in [0.05, 0.1) is 11.0 Å². The molecule has 0 N–H and O–H groups in total. The molecule has 0 aromatic carbocycles. The predicted octanol–water partition coefficient (Wildman–Crippen LogP) is 1.28. The average molecular weight is 284 g/mol. The third-order valence-electron chi connectivity index (χ3n) is 2.63. The fourth-order valence-corrected chi connectivity index (χ4v) is 3.08. The topological polar surface area (TPSA) is 37.4 Å². The second-order valence-electron chi connectivity index (χ2n) is 4.10. The van der Waals surface area contributed by atoms with E-state index in [4.69, 9.17) is 0 Å². The lowest BCUT2D eigenvalue weighted by Gasteiger charge is -2.15. The fourth-order valence-electron chi connectivity index (χ4n) is 1.48. The number of nitrogens with zero attached hydrogens (tertiary/aromatic N) is 1. The Labute approximate surface area is 94.9 Å². The quantitative estimate of drug-likeness (QED) is 0.730. The monoisotopic (exact) mass is 283 g/mol. The standard InChI is InChI=1S/C9H18BrNO2S/c1-8(2)14(12,13)6-5-11-4-3-9(10)7-11/h8-9H,3-7H2,1-2H3. The molecule has 0 saturated carbocycles. The number of halogens is 1. The molecule has 0 aliphatic carbocycles. The number of hydrogen-bond acceptors (Lipinski definition) is 3. The summed E-state index contributed by atoms with van der Waals surface area (Å²) in [5.41, 5.74) is 0. The van der Waals surface area contributed by atoms with Crippen LogP contribution in [0, 0.1) is 0 Å². The van der Waals surface area contributed by atoms with Gasteiger partial charge in [-0.3, -0.25) is 0 Å². The number of rotatable bonds is 4. The van der Waals surface area contributed by atoms with Crippen LogP contribution in [-0.2, 0) is 9.84 Å². The van der Waals surface area contributed by atoms with E-state index in [9.17, 15) is 8.42 Å². The first-order valence-electron chi connectivity index (χ1n) is 5.00. The van der Waals surface area contributed by atoms with Gasteiger partial charge < -0.3 is 4.90 Å². The van der Waals surface area contributed by atoms with E-state index in [1.807, 2.05) is 0 Å². The Kier molecular flexibility index (Phi) is 4.40. The molecule has 1 saturated heterocycles. The van der Waals surface area contributed by atoms with Gasteiger partial charge in [0, 0.05) is 17.9 Å². The Bertz CT molecular complexity index is 277. The van der Waals surface area contributed by atoms with Gasteiger partial charge in [0.1, 0.15) is 0 Å². The first kappa shape index (κ1) is 12.5. The molecule has 0 amide bonds. The van der Waals surface area contributed by atoms with Gasteiger partial charge in [0.25, 0.3) is 0 Å². The Morgan fingerprint density at radius 2 is 2.14 bits per heavy atom. The molecule has 0 aromatic rings. The smallest absolute Gasteiger partial charge is 0.153 e. The predicted molar refractivity (Wildman–Crippen MR) is 62.7 cm³/mol. The van der Waals surface area contributed by atoms with Crippen LogP contribution in [0.1, 0.15) is 20.3 Å². The van der Waals surface area contributed by atoms with Crippen LogP contribution in [0.25, 0.3) is 0 Å². The highest BCUT2D eigenvalue weighted by molar-refractivity contribution is 9.09. The Morgan fingerprint density at radius 1 is 1.50 bits per heavy atom. The van der Waals surface area contributed by atoms with E-state index in [1.54, 1.807) is 13.8 Å². The molecule has 14 heavy (non-hydrogen) atoms. The van der Waals surface area contributed by atoms with Crippen molar-refractivity contribution in [1.82, 2.24) is 4.90 Å². The van der Waals surface area contributed by atoms with E-state index < -0.39 is 9.84 Å². The molecule has 3 nitrogen and oxygen atoms in total. The van der Waals surface area contributed by atoms with Gasteiger partial charge in [0.2, 0.25) is 0 Å². The molecule has 84 valence electrons. The number of likely N-dealkylation sites (tertiary alicyclic amines) is 1. The van der Waals surface area contributed by atoms with Gasteiger partial charge in [-0.15, -0.1) is 0 Å². The van der Waals surface area contributed by atoms with E-state index in [0.717, 1.165) is 19.5 Å². The highest BCUT2D eigenvalue weighted by atomic mass is 79.9. The molecule has 5 heteroatoms. The van der Waals surface area contributed by atoms with Crippen molar-refractivity contribution in [2.45, 2.75) is 30.3 Å². The van der Waals surface area contributed by atoms with Crippen LogP contribution in [-0.4, -0.2) is 48.8 Å². The van der Waals surface area contributed by atoms with Crippen molar-refractivity contribution in [2.75, 3.05) is 25.4 Å². The SMILES string of the molecule is CC(C)S(=O)(=O)CCN1CCC(Br)C1. The lowest BCUT2D eigenvalue weighted by atomic mass is 10.4. The van der Waals surface area contributed by atoms with Gasteiger partial charge in [-0.25, -0.2) is 8.42 Å². The lowest BCUT2D eigenvalue weighted by molar-refractivity contribution is 0.360. The first-order valence-corrected chi connectivity index (χ1v) is 7.63. The molecule has 1 heterocycles. The Hall–Kier alpha value is 0.390. The van der Waals surface area contributed by atoms with Crippen LogP contribution >= 0.6 is 15.9 Å². The van der Waals surface area contributed by atoms with Crippen molar-refractivity contribution in [3.8, 4) is 0 Å². The maximum atomic E-state index is 11.5. The molecule has 1 unspecified atom stereocenters. The van der Waals surface area contributed by atoms with Crippen LogP contribution in [0.4, 0.5) is 0 Å². The molecule has 1 rings (SSSR count). The molecular formula is C9H18BrNO2S. The summed E-state index contributed by atoms with van der Waals surface area (Å²) in [6.07, 6.45) is 1.13. The summed E-state index contributed by atoms with van der Waals surface area (Å²) in [6, 6.07) is 0. The van der Waals surface area contributed by atoms with Crippen molar-refractivity contribution in [2.24, 2.45) is 0 Å². The minimum absolute atomic E-state index is 0.245. The summed E-state index contributed by atoms with van der Waals surface area (Å²) in [4.78, 5) is 2.75. The van der Waals surface area contributed by atoms with Gasteiger partial charge in [0.15, 0.2) is 9.84 Å². The summed E-state index contributed by atoms with van der Waals surface area (Å²) in [7, 11) is -2.86. The van der Waals surface area contributed by atoms with Crippen LogP contribution in [0.3, 0.4) is 0 Å². The molecule has 1 fully saturated rings. The van der Waals surface area contributed by atoms with Crippen LogP contribution in [0.2, 0.25) is 0 Å². The van der Waals surface area contributed by atoms with Gasteiger partial charge in [-0.05, 0) is 26.8 Å². The molecule has 0 radical (unpaired) electrons. The van der Waals surface area contributed by atoms with Gasteiger partial charge in [-0.2, -0.15) is 0 Å². The summed E-state index contributed by atoms with van der Waals surface area (Å²) in [5, 5.41) is -0.245. The zero-order valence-corrected chi connectivity index (χ0v) is 11.1. The zero-order valence-electron chi connectivity index (χ0n) is 8.74. The molecule has 0 aromatic heterocycles. The highest BCUT2D eigenvalue weighted by Gasteiger charge is 2.22. The summed E-state index contributed by atoms with van der Waals surface area (Å²) in [5.74, 6) is 0.296. The molecule has 1 aliphatic heterocycles. The van der Waals surface area contributed by atoms with Gasteiger partial charge in [-0.1, -0.05) is 15.9 Å². The van der Waals surface area contributed by atoms with Gasteiger partial charge >= 0.3 is 0 Å². The van der Waals surface area contributed by atoms with Crippen molar-refractivity contribution >= 4 is 25.8 Å². The highest BCUT2D eigenvalue weighted by Crippen LogP contribution is 2.16. The summed E-state index contributed by atoms with van der Waals surface area (Å²) >= 11 is 3.54. The maximum Gasteiger partial charge on any atom is 0.153 e. The first-order chi connectivity index (χ1) is 6.42. The molecule has 0 spiro atoms. The lowest BCUT2D eigenvalue weighted by Crippen LogP contribution is -2.30. The van der Waals surface area contributed by atoms with E-state index in [1.165, 1.54) is 0 Å². The molecule has 0 bridgehead atoms. The summed E-state index contributed by atoms with van der Waals surface area (Å²) < 4.78 is 23.1.